The third-order valence-corrected chi connectivity index (χ3v) is 5.05. The van der Waals surface area contributed by atoms with Crippen molar-refractivity contribution < 1.29 is 14.6 Å². The predicted octanol–water partition coefficient (Wildman–Crippen LogP) is 3.03. The molecule has 1 aromatic rings. The van der Waals surface area contributed by atoms with E-state index in [1.54, 1.807) is 24.3 Å². The number of rotatable bonds is 7. The van der Waals surface area contributed by atoms with Crippen molar-refractivity contribution in [3.63, 3.8) is 0 Å². The molecule has 1 saturated carbocycles. The third kappa shape index (κ3) is 5.25. The van der Waals surface area contributed by atoms with Gasteiger partial charge in [-0.3, -0.25) is 0 Å². The van der Waals surface area contributed by atoms with Crippen LogP contribution in [0.4, 0.5) is 0 Å². The van der Waals surface area contributed by atoms with Crippen LogP contribution in [0.5, 0.6) is 5.75 Å². The molecule has 1 aliphatic rings. The Balaban J connectivity index is 1.62. The SMILES string of the molecule is CSC1CCC(NCCOc2ccc(C(=O)O)cc2)CC1. The summed E-state index contributed by atoms with van der Waals surface area (Å²) < 4.78 is 5.61. The number of hydrogen-bond acceptors (Lipinski definition) is 4. The van der Waals surface area contributed by atoms with E-state index in [1.807, 2.05) is 11.8 Å². The highest BCUT2D eigenvalue weighted by molar-refractivity contribution is 7.99. The molecule has 1 aromatic carbocycles. The van der Waals surface area contributed by atoms with E-state index in [0.29, 0.717) is 18.4 Å². The first-order chi connectivity index (χ1) is 10.2. The first kappa shape index (κ1) is 16.2. The molecular formula is C16H23NO3S. The van der Waals surface area contributed by atoms with Gasteiger partial charge in [0.2, 0.25) is 0 Å². The van der Waals surface area contributed by atoms with Gasteiger partial charge in [0.25, 0.3) is 0 Å². The van der Waals surface area contributed by atoms with Crippen molar-refractivity contribution in [3.05, 3.63) is 29.8 Å². The van der Waals surface area contributed by atoms with Gasteiger partial charge in [-0.25, -0.2) is 4.79 Å². The van der Waals surface area contributed by atoms with E-state index < -0.39 is 5.97 Å². The highest BCUT2D eigenvalue weighted by atomic mass is 32.2. The Morgan fingerprint density at radius 1 is 1.29 bits per heavy atom. The molecule has 0 aromatic heterocycles. The molecule has 1 fully saturated rings. The molecule has 0 bridgehead atoms. The zero-order chi connectivity index (χ0) is 15.1. The van der Waals surface area contributed by atoms with Crippen LogP contribution in [-0.4, -0.2) is 41.8 Å². The molecular weight excluding hydrogens is 286 g/mol. The predicted molar refractivity (Wildman–Crippen MR) is 86.5 cm³/mol. The highest BCUT2D eigenvalue weighted by Gasteiger charge is 2.19. The number of aromatic carboxylic acids is 1. The summed E-state index contributed by atoms with van der Waals surface area (Å²) in [5.74, 6) is -0.197. The summed E-state index contributed by atoms with van der Waals surface area (Å²) in [5.41, 5.74) is 0.283. The number of carboxylic acids is 1. The molecule has 5 heteroatoms. The maximum Gasteiger partial charge on any atom is 0.335 e. The lowest BCUT2D eigenvalue weighted by Gasteiger charge is -2.28. The minimum Gasteiger partial charge on any atom is -0.492 e. The van der Waals surface area contributed by atoms with E-state index in [2.05, 4.69) is 11.6 Å². The largest absolute Gasteiger partial charge is 0.492 e. The van der Waals surface area contributed by atoms with Gasteiger partial charge < -0.3 is 15.2 Å². The average molecular weight is 309 g/mol. The Labute approximate surface area is 130 Å². The van der Waals surface area contributed by atoms with Crippen molar-refractivity contribution in [2.24, 2.45) is 0 Å². The zero-order valence-electron chi connectivity index (χ0n) is 12.4. The lowest BCUT2D eigenvalue weighted by Crippen LogP contribution is -2.36. The van der Waals surface area contributed by atoms with Gasteiger partial charge in [0, 0.05) is 17.8 Å². The van der Waals surface area contributed by atoms with Crippen molar-refractivity contribution in [2.75, 3.05) is 19.4 Å². The molecule has 0 heterocycles. The number of carboxylic acid groups (broad SMARTS) is 1. The van der Waals surface area contributed by atoms with Crippen LogP contribution in [0.2, 0.25) is 0 Å². The third-order valence-electron chi connectivity index (χ3n) is 3.91. The second-order valence-corrected chi connectivity index (χ2v) is 6.48. The normalized spacial score (nSPS) is 22.0. The van der Waals surface area contributed by atoms with E-state index in [1.165, 1.54) is 25.7 Å². The molecule has 0 radical (unpaired) electrons. The molecule has 4 nitrogen and oxygen atoms in total. The van der Waals surface area contributed by atoms with Crippen LogP contribution in [0.25, 0.3) is 0 Å². The molecule has 0 unspecified atom stereocenters. The maximum atomic E-state index is 10.7. The smallest absolute Gasteiger partial charge is 0.335 e. The minimum absolute atomic E-state index is 0.283. The van der Waals surface area contributed by atoms with Crippen LogP contribution in [-0.2, 0) is 0 Å². The van der Waals surface area contributed by atoms with Gasteiger partial charge in [0.05, 0.1) is 5.56 Å². The average Bonchev–Trinajstić information content (AvgIpc) is 2.52. The lowest BCUT2D eigenvalue weighted by molar-refractivity contribution is 0.0697. The first-order valence-corrected chi connectivity index (χ1v) is 8.70. The Bertz CT molecular complexity index is 441. The van der Waals surface area contributed by atoms with Crippen molar-refractivity contribution in [1.29, 1.82) is 0 Å². The van der Waals surface area contributed by atoms with Crippen LogP contribution >= 0.6 is 11.8 Å². The fourth-order valence-corrected chi connectivity index (χ4v) is 3.37. The summed E-state index contributed by atoms with van der Waals surface area (Å²) in [7, 11) is 0. The van der Waals surface area contributed by atoms with E-state index in [0.717, 1.165) is 11.8 Å². The fraction of sp³-hybridized carbons (Fsp3) is 0.562. The van der Waals surface area contributed by atoms with Crippen LogP contribution in [0.15, 0.2) is 24.3 Å². The van der Waals surface area contributed by atoms with Gasteiger partial charge >= 0.3 is 5.97 Å². The van der Waals surface area contributed by atoms with E-state index in [4.69, 9.17) is 9.84 Å². The van der Waals surface area contributed by atoms with Crippen molar-refractivity contribution in [1.82, 2.24) is 5.32 Å². The molecule has 116 valence electrons. The maximum absolute atomic E-state index is 10.7. The molecule has 2 rings (SSSR count). The molecule has 0 saturated heterocycles. The van der Waals surface area contributed by atoms with Gasteiger partial charge in [-0.2, -0.15) is 11.8 Å². The molecule has 2 N–H and O–H groups in total. The van der Waals surface area contributed by atoms with Crippen molar-refractivity contribution in [2.45, 2.75) is 37.0 Å². The van der Waals surface area contributed by atoms with Gasteiger partial charge in [0.1, 0.15) is 12.4 Å². The van der Waals surface area contributed by atoms with E-state index in [9.17, 15) is 4.79 Å². The zero-order valence-corrected chi connectivity index (χ0v) is 13.2. The molecule has 21 heavy (non-hydrogen) atoms. The number of benzene rings is 1. The van der Waals surface area contributed by atoms with Gasteiger partial charge in [-0.1, -0.05) is 0 Å². The molecule has 0 atom stereocenters. The molecule has 0 aliphatic heterocycles. The summed E-state index contributed by atoms with van der Waals surface area (Å²) in [6.45, 7) is 1.43. The number of nitrogens with one attached hydrogen (secondary N) is 1. The van der Waals surface area contributed by atoms with Crippen molar-refractivity contribution >= 4 is 17.7 Å². The summed E-state index contributed by atoms with van der Waals surface area (Å²) in [6.07, 6.45) is 7.30. The number of hydrogen-bond donors (Lipinski definition) is 2. The van der Waals surface area contributed by atoms with Crippen LogP contribution in [0, 0.1) is 0 Å². The molecule has 0 spiro atoms. The number of thioether (sulfide) groups is 1. The summed E-state index contributed by atoms with van der Waals surface area (Å²) in [4.78, 5) is 10.7. The molecule has 0 amide bonds. The van der Waals surface area contributed by atoms with Crippen LogP contribution in [0.1, 0.15) is 36.0 Å². The minimum atomic E-state index is -0.913. The first-order valence-electron chi connectivity index (χ1n) is 7.41. The molecule has 1 aliphatic carbocycles. The fourth-order valence-electron chi connectivity index (χ4n) is 2.63. The van der Waals surface area contributed by atoms with Gasteiger partial charge in [0.15, 0.2) is 0 Å². The summed E-state index contributed by atoms with van der Waals surface area (Å²) >= 11 is 1.98. The Hall–Kier alpha value is -1.20. The van der Waals surface area contributed by atoms with Crippen LogP contribution in [0.3, 0.4) is 0 Å². The number of ether oxygens (including phenoxy) is 1. The Morgan fingerprint density at radius 3 is 2.52 bits per heavy atom. The van der Waals surface area contributed by atoms with Gasteiger partial charge in [-0.15, -0.1) is 0 Å². The van der Waals surface area contributed by atoms with Crippen molar-refractivity contribution in [3.8, 4) is 5.75 Å². The topological polar surface area (TPSA) is 58.6 Å². The van der Waals surface area contributed by atoms with E-state index in [-0.39, 0.29) is 5.56 Å². The van der Waals surface area contributed by atoms with E-state index >= 15 is 0 Å². The second-order valence-electron chi connectivity index (χ2n) is 5.34. The highest BCUT2D eigenvalue weighted by Crippen LogP contribution is 2.26. The van der Waals surface area contributed by atoms with Gasteiger partial charge in [-0.05, 0) is 56.2 Å². The lowest BCUT2D eigenvalue weighted by atomic mass is 9.95. The Morgan fingerprint density at radius 2 is 1.95 bits per heavy atom. The Kier molecular flexibility index (Phi) is 6.39. The second kappa shape index (κ2) is 8.29. The quantitative estimate of drug-likeness (QED) is 0.758. The van der Waals surface area contributed by atoms with Crippen LogP contribution < -0.4 is 10.1 Å². The number of carbonyl (C=O) groups is 1. The standard InChI is InChI=1S/C16H23NO3S/c1-21-15-8-4-13(5-9-15)17-10-11-20-14-6-2-12(3-7-14)16(18)19/h2-3,6-7,13,15,17H,4-5,8-11H2,1H3,(H,18,19). The monoisotopic (exact) mass is 309 g/mol. The summed E-state index contributed by atoms with van der Waals surface area (Å²) in [5, 5.41) is 13.2. The summed E-state index contributed by atoms with van der Waals surface area (Å²) in [6, 6.07) is 7.15.